The molecule has 0 saturated carbocycles. The monoisotopic (exact) mass is 299 g/mol. The number of aromatic carboxylic acids is 1. The van der Waals surface area contributed by atoms with Crippen molar-refractivity contribution in [2.45, 2.75) is 23.9 Å². The molecule has 7 nitrogen and oxygen atoms in total. The Hall–Kier alpha value is -1.51. The number of aromatic nitrogens is 1. The average Bonchev–Trinajstić information content (AvgIpc) is 2.82. The number of carboxylic acids is 1. The number of hydrogen-bond acceptors (Lipinski definition) is 5. The highest BCUT2D eigenvalue weighted by Gasteiger charge is 2.24. The van der Waals surface area contributed by atoms with E-state index in [0.717, 1.165) is 25.6 Å². The molecule has 1 saturated heterocycles. The molecule has 0 bridgehead atoms. The van der Waals surface area contributed by atoms with Crippen molar-refractivity contribution in [1.29, 1.82) is 0 Å². The van der Waals surface area contributed by atoms with Gasteiger partial charge in [-0.1, -0.05) is 0 Å². The van der Waals surface area contributed by atoms with Crippen LogP contribution in [0.15, 0.2) is 23.4 Å². The smallest absolute Gasteiger partial charge is 0.337 e. The molecule has 0 radical (unpaired) electrons. The third kappa shape index (κ3) is 3.33. The predicted molar refractivity (Wildman–Crippen MR) is 72.0 cm³/mol. The largest absolute Gasteiger partial charge is 0.478 e. The third-order valence-corrected chi connectivity index (χ3v) is 4.78. The molecule has 2 N–H and O–H groups in total. The number of nitrogens with zero attached hydrogens (tertiary/aromatic N) is 2. The molecule has 0 aliphatic carbocycles. The summed E-state index contributed by atoms with van der Waals surface area (Å²) in [5.41, 5.74) is -0.0422. The van der Waals surface area contributed by atoms with Gasteiger partial charge in [-0.15, -0.1) is 0 Å². The van der Waals surface area contributed by atoms with Gasteiger partial charge in [0.15, 0.2) is 5.03 Å². The summed E-state index contributed by atoms with van der Waals surface area (Å²) in [6.45, 7) is 1.30. The predicted octanol–water partition coefficient (Wildman–Crippen LogP) is 0.152. The molecule has 2 rings (SSSR count). The van der Waals surface area contributed by atoms with Gasteiger partial charge in [0.1, 0.15) is 0 Å². The molecule has 1 fully saturated rings. The lowest BCUT2D eigenvalue weighted by molar-refractivity contribution is 0.0696. The average molecular weight is 299 g/mol. The van der Waals surface area contributed by atoms with Gasteiger partial charge in [-0.05, 0) is 38.6 Å². The fourth-order valence-electron chi connectivity index (χ4n) is 2.18. The van der Waals surface area contributed by atoms with Gasteiger partial charge >= 0.3 is 5.97 Å². The minimum absolute atomic E-state index is 0.0422. The van der Waals surface area contributed by atoms with Crippen molar-refractivity contribution in [2.75, 3.05) is 20.1 Å². The molecule has 1 aliphatic heterocycles. The van der Waals surface area contributed by atoms with Crippen molar-refractivity contribution in [2.24, 2.45) is 0 Å². The summed E-state index contributed by atoms with van der Waals surface area (Å²) in [7, 11) is -1.73. The van der Waals surface area contributed by atoms with E-state index in [1.165, 1.54) is 12.1 Å². The van der Waals surface area contributed by atoms with Crippen LogP contribution in [0, 0.1) is 0 Å². The fraction of sp³-hybridized carbons (Fsp3) is 0.500. The molecule has 8 heteroatoms. The summed E-state index contributed by atoms with van der Waals surface area (Å²) < 4.78 is 26.6. The molecule has 2 heterocycles. The van der Waals surface area contributed by atoms with E-state index in [-0.39, 0.29) is 16.6 Å². The molecule has 1 aliphatic rings. The second-order valence-corrected chi connectivity index (χ2v) is 6.53. The lowest BCUT2D eigenvalue weighted by atomic mass is 10.2. The van der Waals surface area contributed by atoms with Gasteiger partial charge in [0.05, 0.1) is 5.56 Å². The first-order chi connectivity index (χ1) is 9.40. The second kappa shape index (κ2) is 5.86. The first kappa shape index (κ1) is 14.9. The van der Waals surface area contributed by atoms with Gasteiger partial charge in [0.25, 0.3) is 10.0 Å². The normalized spacial score (nSPS) is 20.1. The van der Waals surface area contributed by atoms with E-state index in [1.54, 1.807) is 0 Å². The van der Waals surface area contributed by atoms with E-state index < -0.39 is 16.0 Å². The van der Waals surface area contributed by atoms with E-state index in [0.29, 0.717) is 6.54 Å². The van der Waals surface area contributed by atoms with E-state index in [2.05, 4.69) is 14.6 Å². The zero-order chi connectivity index (χ0) is 14.8. The van der Waals surface area contributed by atoms with Crippen molar-refractivity contribution >= 4 is 16.0 Å². The number of likely N-dealkylation sites (tertiary alicyclic amines) is 1. The molecular weight excluding hydrogens is 282 g/mol. The quantitative estimate of drug-likeness (QED) is 0.803. The highest BCUT2D eigenvalue weighted by molar-refractivity contribution is 7.89. The maximum Gasteiger partial charge on any atom is 0.337 e. The van der Waals surface area contributed by atoms with Crippen LogP contribution in [-0.4, -0.2) is 55.6 Å². The number of pyridine rings is 1. The second-order valence-electron chi connectivity index (χ2n) is 4.82. The van der Waals surface area contributed by atoms with Crippen LogP contribution in [0.2, 0.25) is 0 Å². The van der Waals surface area contributed by atoms with Crippen LogP contribution in [0.4, 0.5) is 0 Å². The van der Waals surface area contributed by atoms with Crippen LogP contribution in [0.3, 0.4) is 0 Å². The lowest BCUT2D eigenvalue weighted by Crippen LogP contribution is -2.38. The molecule has 110 valence electrons. The van der Waals surface area contributed by atoms with Crippen molar-refractivity contribution in [3.05, 3.63) is 23.9 Å². The van der Waals surface area contributed by atoms with Crippen LogP contribution in [0.5, 0.6) is 0 Å². The van der Waals surface area contributed by atoms with Crippen LogP contribution < -0.4 is 4.72 Å². The molecular formula is C12H17N3O4S. The Labute approximate surface area is 117 Å². The van der Waals surface area contributed by atoms with Crippen molar-refractivity contribution < 1.29 is 18.3 Å². The van der Waals surface area contributed by atoms with Crippen LogP contribution in [0.25, 0.3) is 0 Å². The van der Waals surface area contributed by atoms with Gasteiger partial charge in [0, 0.05) is 18.8 Å². The van der Waals surface area contributed by atoms with Crippen LogP contribution >= 0.6 is 0 Å². The summed E-state index contributed by atoms with van der Waals surface area (Å²) in [6.07, 6.45) is 3.07. The zero-order valence-corrected chi connectivity index (χ0v) is 11.9. The summed E-state index contributed by atoms with van der Waals surface area (Å²) in [5.74, 6) is -1.14. The van der Waals surface area contributed by atoms with E-state index in [9.17, 15) is 13.2 Å². The Morgan fingerprint density at radius 2 is 2.30 bits per heavy atom. The Morgan fingerprint density at radius 3 is 2.80 bits per heavy atom. The fourth-order valence-corrected chi connectivity index (χ4v) is 3.18. The number of carbonyl (C=O) groups is 1. The minimum Gasteiger partial charge on any atom is -0.478 e. The van der Waals surface area contributed by atoms with E-state index in [4.69, 9.17) is 5.11 Å². The zero-order valence-electron chi connectivity index (χ0n) is 11.1. The van der Waals surface area contributed by atoms with E-state index in [1.807, 2.05) is 7.05 Å². The maximum atomic E-state index is 12.0. The minimum atomic E-state index is -3.69. The SMILES string of the molecule is CN1CCCC1CNS(=O)(=O)c1ccc(C(=O)O)cn1. The maximum absolute atomic E-state index is 12.0. The summed E-state index contributed by atoms with van der Waals surface area (Å²) >= 11 is 0. The molecule has 1 atom stereocenters. The van der Waals surface area contributed by atoms with Gasteiger partial charge < -0.3 is 10.0 Å². The number of likely N-dealkylation sites (N-methyl/N-ethyl adjacent to an activating group) is 1. The third-order valence-electron chi connectivity index (χ3n) is 3.44. The number of carboxylic acid groups (broad SMARTS) is 1. The lowest BCUT2D eigenvalue weighted by Gasteiger charge is -2.19. The van der Waals surface area contributed by atoms with Crippen LogP contribution in [0.1, 0.15) is 23.2 Å². The van der Waals surface area contributed by atoms with Crippen molar-refractivity contribution in [3.63, 3.8) is 0 Å². The summed E-state index contributed by atoms with van der Waals surface area (Å²) in [5, 5.41) is 8.58. The number of hydrogen-bond donors (Lipinski definition) is 2. The number of rotatable bonds is 5. The molecule has 0 spiro atoms. The molecule has 0 aromatic carbocycles. The first-order valence-corrected chi connectivity index (χ1v) is 7.78. The van der Waals surface area contributed by atoms with Crippen molar-refractivity contribution in [1.82, 2.24) is 14.6 Å². The Kier molecular flexibility index (Phi) is 4.36. The molecule has 20 heavy (non-hydrogen) atoms. The van der Waals surface area contributed by atoms with Gasteiger partial charge in [-0.3, -0.25) is 0 Å². The van der Waals surface area contributed by atoms with Crippen molar-refractivity contribution in [3.8, 4) is 0 Å². The number of nitrogens with one attached hydrogen (secondary N) is 1. The molecule has 1 aromatic rings. The molecule has 0 amide bonds. The Bertz CT molecular complexity index is 585. The Morgan fingerprint density at radius 1 is 1.55 bits per heavy atom. The standard InChI is InChI=1S/C12H17N3O4S/c1-15-6-2-3-10(15)8-14-20(18,19)11-5-4-9(7-13-11)12(16)17/h4-5,7,10,14H,2-3,6,8H2,1H3,(H,16,17). The number of sulfonamides is 1. The Balaban J connectivity index is 2.04. The summed E-state index contributed by atoms with van der Waals surface area (Å²) in [6, 6.07) is 2.62. The highest BCUT2D eigenvalue weighted by atomic mass is 32.2. The van der Waals surface area contributed by atoms with Gasteiger partial charge in [-0.2, -0.15) is 0 Å². The highest BCUT2D eigenvalue weighted by Crippen LogP contribution is 2.14. The first-order valence-electron chi connectivity index (χ1n) is 6.29. The molecule has 1 unspecified atom stereocenters. The molecule has 1 aromatic heterocycles. The summed E-state index contributed by atoms with van der Waals surface area (Å²) in [4.78, 5) is 16.5. The van der Waals surface area contributed by atoms with Gasteiger partial charge in [-0.25, -0.2) is 22.9 Å². The van der Waals surface area contributed by atoms with Crippen LogP contribution in [-0.2, 0) is 10.0 Å². The van der Waals surface area contributed by atoms with Gasteiger partial charge in [0.2, 0.25) is 0 Å². The van der Waals surface area contributed by atoms with E-state index >= 15 is 0 Å². The topological polar surface area (TPSA) is 99.6 Å².